The van der Waals surface area contributed by atoms with Crippen LogP contribution < -0.4 is 0 Å². The summed E-state index contributed by atoms with van der Waals surface area (Å²) in [7, 11) is 0. The van der Waals surface area contributed by atoms with E-state index in [-0.39, 0.29) is 23.3 Å². The lowest BCUT2D eigenvalue weighted by Crippen LogP contribution is -2.63. The number of alkyl halides is 1. The number of halogens is 1. The maximum absolute atomic E-state index is 13.2. The molecule has 0 amide bonds. The second-order valence-corrected chi connectivity index (χ2v) is 9.29. The van der Waals surface area contributed by atoms with Crippen molar-refractivity contribution in [1.82, 2.24) is 0 Å². The minimum atomic E-state index is -1.38. The number of carbonyl (C=O) groups is 3. The summed E-state index contributed by atoms with van der Waals surface area (Å²) in [6.07, 6.45) is -6.47. The number of carbonyl (C=O) groups excluding carboxylic acids is 3. The summed E-state index contributed by atoms with van der Waals surface area (Å²) in [5.74, 6) is -2.22. The van der Waals surface area contributed by atoms with Gasteiger partial charge in [0, 0.05) is 5.33 Å². The Morgan fingerprint density at radius 1 is 0.667 bits per heavy atom. The molecule has 39 heavy (non-hydrogen) atoms. The molecular formula is C29H27BrO9. The van der Waals surface area contributed by atoms with E-state index in [0.29, 0.717) is 5.33 Å². The van der Waals surface area contributed by atoms with Crippen molar-refractivity contribution in [1.29, 1.82) is 0 Å². The molecule has 1 fully saturated rings. The van der Waals surface area contributed by atoms with Crippen LogP contribution in [0.3, 0.4) is 0 Å². The number of ether oxygens (including phenoxy) is 5. The molecule has 0 unspecified atom stereocenters. The zero-order valence-corrected chi connectivity index (χ0v) is 22.3. The van der Waals surface area contributed by atoms with Gasteiger partial charge in [-0.2, -0.15) is 0 Å². The van der Waals surface area contributed by atoms with E-state index < -0.39 is 55.2 Å². The standard InChI is InChI=1S/C29H27BrO9/c30-16-17-35-29-25(39-28(34)21-14-8-3-9-15-21)24(38-27(33)20-12-6-2-7-13-20)23(22(18-31)36-29)37-26(32)19-10-4-1-5-11-19/h1-15,22-25,29,31H,16-18H2/t22-,23+,24+,25-,29-/m1/s1. The quantitative estimate of drug-likeness (QED) is 0.211. The SMILES string of the molecule is O=C(O[C@H]1[C@@H](OC(=O)c2ccccc2)[C@@H](CO)O[C@@H](OCCBr)[C@@H]1OC(=O)c1ccccc1)c1ccccc1. The van der Waals surface area contributed by atoms with E-state index in [1.807, 2.05) is 0 Å². The molecular weight excluding hydrogens is 572 g/mol. The van der Waals surface area contributed by atoms with Crippen molar-refractivity contribution in [3.05, 3.63) is 108 Å². The van der Waals surface area contributed by atoms with Crippen LogP contribution in [0.5, 0.6) is 0 Å². The molecule has 3 aromatic rings. The second-order valence-electron chi connectivity index (χ2n) is 8.49. The predicted octanol–water partition coefficient (Wildman–Crippen LogP) is 3.79. The molecule has 0 aromatic heterocycles. The van der Waals surface area contributed by atoms with Crippen molar-refractivity contribution >= 4 is 33.8 Å². The van der Waals surface area contributed by atoms with Crippen molar-refractivity contribution in [2.24, 2.45) is 0 Å². The smallest absolute Gasteiger partial charge is 0.338 e. The van der Waals surface area contributed by atoms with Crippen LogP contribution >= 0.6 is 15.9 Å². The Hall–Kier alpha value is -3.57. The topological polar surface area (TPSA) is 118 Å². The van der Waals surface area contributed by atoms with Gasteiger partial charge in [0.25, 0.3) is 0 Å². The lowest BCUT2D eigenvalue weighted by molar-refractivity contribution is -0.297. The number of rotatable bonds is 10. The van der Waals surface area contributed by atoms with Gasteiger partial charge in [-0.1, -0.05) is 70.5 Å². The number of hydrogen-bond donors (Lipinski definition) is 1. The average Bonchev–Trinajstić information content (AvgIpc) is 2.99. The summed E-state index contributed by atoms with van der Waals surface area (Å²) >= 11 is 3.28. The third-order valence-corrected chi connectivity index (χ3v) is 6.21. The van der Waals surface area contributed by atoms with Gasteiger partial charge in [0.2, 0.25) is 0 Å². The van der Waals surface area contributed by atoms with E-state index in [2.05, 4.69) is 15.9 Å². The molecule has 10 heteroatoms. The Morgan fingerprint density at radius 2 is 1.08 bits per heavy atom. The van der Waals surface area contributed by atoms with Gasteiger partial charge in [0.05, 0.1) is 29.9 Å². The van der Waals surface area contributed by atoms with Gasteiger partial charge in [-0.3, -0.25) is 0 Å². The molecule has 0 bridgehead atoms. The fourth-order valence-electron chi connectivity index (χ4n) is 4.02. The third-order valence-electron chi connectivity index (χ3n) is 5.89. The molecule has 9 nitrogen and oxygen atoms in total. The van der Waals surface area contributed by atoms with E-state index in [9.17, 15) is 19.5 Å². The molecule has 204 valence electrons. The van der Waals surface area contributed by atoms with Crippen LogP contribution in [0.4, 0.5) is 0 Å². The second kappa shape index (κ2) is 14.0. The molecule has 0 saturated carbocycles. The molecule has 0 spiro atoms. The maximum Gasteiger partial charge on any atom is 0.338 e. The number of esters is 3. The Morgan fingerprint density at radius 3 is 1.49 bits per heavy atom. The van der Waals surface area contributed by atoms with Crippen LogP contribution in [-0.2, 0) is 23.7 Å². The van der Waals surface area contributed by atoms with E-state index in [0.717, 1.165) is 0 Å². The molecule has 5 atom stereocenters. The van der Waals surface area contributed by atoms with Crippen molar-refractivity contribution in [3.8, 4) is 0 Å². The van der Waals surface area contributed by atoms with Crippen LogP contribution in [0, 0.1) is 0 Å². The monoisotopic (exact) mass is 598 g/mol. The van der Waals surface area contributed by atoms with Gasteiger partial charge in [-0.05, 0) is 36.4 Å². The first-order valence-electron chi connectivity index (χ1n) is 12.2. The first-order chi connectivity index (χ1) is 19.0. The van der Waals surface area contributed by atoms with Gasteiger partial charge < -0.3 is 28.8 Å². The van der Waals surface area contributed by atoms with Gasteiger partial charge >= 0.3 is 17.9 Å². The highest BCUT2D eigenvalue weighted by atomic mass is 79.9. The zero-order chi connectivity index (χ0) is 27.6. The molecule has 1 aliphatic rings. The normalized spacial score (nSPS) is 22.5. The van der Waals surface area contributed by atoms with Crippen molar-refractivity contribution in [2.75, 3.05) is 18.5 Å². The highest BCUT2D eigenvalue weighted by Crippen LogP contribution is 2.31. The minimum absolute atomic E-state index is 0.149. The number of aliphatic hydroxyl groups is 1. The minimum Gasteiger partial charge on any atom is -0.452 e. The van der Waals surface area contributed by atoms with E-state index in [1.54, 1.807) is 91.0 Å². The number of aliphatic hydroxyl groups excluding tert-OH is 1. The lowest BCUT2D eigenvalue weighted by atomic mass is 9.97. The summed E-state index contributed by atoms with van der Waals surface area (Å²) < 4.78 is 29.1. The summed E-state index contributed by atoms with van der Waals surface area (Å²) in [6.45, 7) is -0.449. The summed E-state index contributed by atoms with van der Waals surface area (Å²) in [6, 6.07) is 24.6. The fraction of sp³-hybridized carbons (Fsp3) is 0.276. The Kier molecular flexibility index (Phi) is 10.2. The average molecular weight is 599 g/mol. The first kappa shape index (κ1) is 28.4. The molecule has 0 radical (unpaired) electrons. The first-order valence-corrected chi connectivity index (χ1v) is 13.4. The van der Waals surface area contributed by atoms with Crippen LogP contribution in [0.1, 0.15) is 31.1 Å². The molecule has 4 rings (SSSR count). The molecule has 1 aliphatic heterocycles. The van der Waals surface area contributed by atoms with Crippen LogP contribution in [0.2, 0.25) is 0 Å². The van der Waals surface area contributed by atoms with Gasteiger partial charge in [0.15, 0.2) is 24.6 Å². The van der Waals surface area contributed by atoms with Gasteiger partial charge in [-0.25, -0.2) is 14.4 Å². The van der Waals surface area contributed by atoms with E-state index >= 15 is 0 Å². The largest absolute Gasteiger partial charge is 0.452 e. The molecule has 1 heterocycles. The number of hydrogen-bond acceptors (Lipinski definition) is 9. The third kappa shape index (κ3) is 7.30. The lowest BCUT2D eigenvalue weighted by Gasteiger charge is -2.44. The van der Waals surface area contributed by atoms with Crippen LogP contribution in [-0.4, -0.2) is 72.3 Å². The zero-order valence-electron chi connectivity index (χ0n) is 20.8. The van der Waals surface area contributed by atoms with E-state index in [4.69, 9.17) is 23.7 Å². The Labute approximate surface area is 233 Å². The predicted molar refractivity (Wildman–Crippen MR) is 142 cm³/mol. The highest BCUT2D eigenvalue weighted by molar-refractivity contribution is 9.09. The van der Waals surface area contributed by atoms with Gasteiger partial charge in [0.1, 0.15) is 6.10 Å². The Bertz CT molecular complexity index is 1220. The summed E-state index contributed by atoms with van der Waals surface area (Å²) in [4.78, 5) is 39.3. The molecule has 0 aliphatic carbocycles. The van der Waals surface area contributed by atoms with Crippen molar-refractivity contribution in [3.63, 3.8) is 0 Å². The summed E-state index contributed by atoms with van der Waals surface area (Å²) in [5.41, 5.74) is 0.702. The maximum atomic E-state index is 13.2. The van der Waals surface area contributed by atoms with E-state index in [1.165, 1.54) is 0 Å². The van der Waals surface area contributed by atoms with Crippen molar-refractivity contribution < 1.29 is 43.2 Å². The van der Waals surface area contributed by atoms with Crippen LogP contribution in [0.25, 0.3) is 0 Å². The molecule has 1 N–H and O–H groups in total. The Balaban J connectivity index is 1.71. The highest BCUT2D eigenvalue weighted by Gasteiger charge is 2.53. The molecule has 3 aromatic carbocycles. The number of benzene rings is 3. The van der Waals surface area contributed by atoms with Crippen molar-refractivity contribution in [2.45, 2.75) is 30.7 Å². The van der Waals surface area contributed by atoms with Gasteiger partial charge in [-0.15, -0.1) is 0 Å². The fourth-order valence-corrected chi connectivity index (χ4v) is 4.21. The summed E-state index contributed by atoms with van der Waals surface area (Å²) in [5, 5.41) is 10.6. The molecule has 1 saturated heterocycles. The van der Waals surface area contributed by atoms with Crippen LogP contribution in [0.15, 0.2) is 91.0 Å².